The Morgan fingerprint density at radius 2 is 2.35 bits per heavy atom. The molecule has 1 atom stereocenters. The first kappa shape index (κ1) is 15.5. The fourth-order valence-corrected chi connectivity index (χ4v) is 3.34. The molecule has 5 heteroatoms. The van der Waals surface area contributed by atoms with Crippen LogP contribution in [-0.2, 0) is 4.79 Å². The van der Waals surface area contributed by atoms with Gasteiger partial charge in [0.2, 0.25) is 5.91 Å². The van der Waals surface area contributed by atoms with Crippen molar-refractivity contribution < 1.29 is 9.90 Å². The van der Waals surface area contributed by atoms with E-state index in [1.807, 2.05) is 36.8 Å². The van der Waals surface area contributed by atoms with Gasteiger partial charge in [-0.25, -0.2) is 0 Å². The summed E-state index contributed by atoms with van der Waals surface area (Å²) in [6.45, 7) is 5.14. The summed E-state index contributed by atoms with van der Waals surface area (Å²) in [5, 5.41) is 11.4. The molecule has 2 heterocycles. The van der Waals surface area contributed by atoms with Crippen molar-refractivity contribution in [3.8, 4) is 0 Å². The predicted octanol–water partition coefficient (Wildman–Crippen LogP) is 2.11. The maximum absolute atomic E-state index is 12.5. The fraction of sp³-hybridized carbons (Fsp3) is 0.667. The second-order valence-electron chi connectivity index (χ2n) is 6.09. The Bertz CT molecular complexity index is 445. The van der Waals surface area contributed by atoms with Crippen LogP contribution in [0.4, 0.5) is 0 Å². The largest absolute Gasteiger partial charge is 0.394 e. The number of likely N-dealkylation sites (N-methyl/N-ethyl adjacent to an activating group) is 1. The van der Waals surface area contributed by atoms with Crippen LogP contribution >= 0.6 is 11.3 Å². The van der Waals surface area contributed by atoms with Gasteiger partial charge in [-0.2, -0.15) is 0 Å². The van der Waals surface area contributed by atoms with Gasteiger partial charge in [-0.15, -0.1) is 11.3 Å². The predicted molar refractivity (Wildman–Crippen MR) is 81.8 cm³/mol. The lowest BCUT2D eigenvalue weighted by Gasteiger charge is -2.35. The summed E-state index contributed by atoms with van der Waals surface area (Å²) in [5.74, 6) is 0.157. The van der Waals surface area contributed by atoms with Crippen molar-refractivity contribution >= 4 is 17.2 Å². The van der Waals surface area contributed by atoms with Crippen molar-refractivity contribution in [2.45, 2.75) is 38.3 Å². The maximum atomic E-state index is 12.5. The standard InChI is InChI=1S/C15H24N2O2S/c1-15(2,11-18)16(3)10-14(19)17-8-4-6-12(17)13-7-5-9-20-13/h5,7,9,12,18H,4,6,8,10-11H2,1-3H3. The van der Waals surface area contributed by atoms with Gasteiger partial charge in [-0.3, -0.25) is 9.69 Å². The number of amides is 1. The molecule has 1 aliphatic rings. The molecule has 112 valence electrons. The third kappa shape index (κ3) is 3.22. The van der Waals surface area contributed by atoms with E-state index in [9.17, 15) is 9.90 Å². The molecule has 1 unspecified atom stereocenters. The zero-order valence-corrected chi connectivity index (χ0v) is 13.3. The summed E-state index contributed by atoms with van der Waals surface area (Å²) in [6.07, 6.45) is 2.13. The van der Waals surface area contributed by atoms with Crippen molar-refractivity contribution in [3.05, 3.63) is 22.4 Å². The van der Waals surface area contributed by atoms with Gasteiger partial charge in [0.15, 0.2) is 0 Å². The molecule has 1 saturated heterocycles. The Labute approximate surface area is 125 Å². The fourth-order valence-electron chi connectivity index (χ4n) is 2.47. The summed E-state index contributed by atoms with van der Waals surface area (Å²) >= 11 is 1.72. The van der Waals surface area contributed by atoms with Gasteiger partial charge in [0.25, 0.3) is 0 Å². The molecule has 1 amide bonds. The summed E-state index contributed by atoms with van der Waals surface area (Å²) in [7, 11) is 1.89. The Kier molecular flexibility index (Phi) is 4.83. The number of rotatable bonds is 5. The SMILES string of the molecule is CN(CC(=O)N1CCCC1c1cccs1)C(C)(C)CO. The molecular weight excluding hydrogens is 272 g/mol. The number of thiophene rings is 1. The number of hydrogen-bond donors (Lipinski definition) is 1. The monoisotopic (exact) mass is 296 g/mol. The highest BCUT2D eigenvalue weighted by molar-refractivity contribution is 7.10. The van der Waals surface area contributed by atoms with Gasteiger partial charge in [-0.1, -0.05) is 6.07 Å². The Hall–Kier alpha value is -0.910. The molecule has 4 nitrogen and oxygen atoms in total. The first-order valence-electron chi connectivity index (χ1n) is 7.10. The highest BCUT2D eigenvalue weighted by atomic mass is 32.1. The van der Waals surface area contributed by atoms with Crippen LogP contribution in [0.5, 0.6) is 0 Å². The molecule has 0 aromatic carbocycles. The van der Waals surface area contributed by atoms with E-state index in [0.29, 0.717) is 6.54 Å². The molecule has 0 radical (unpaired) electrons. The van der Waals surface area contributed by atoms with Gasteiger partial charge in [0, 0.05) is 17.0 Å². The van der Waals surface area contributed by atoms with Gasteiger partial charge < -0.3 is 10.0 Å². The van der Waals surface area contributed by atoms with Crippen molar-refractivity contribution in [1.82, 2.24) is 9.80 Å². The molecule has 0 spiro atoms. The number of likely N-dealkylation sites (tertiary alicyclic amines) is 1. The van der Waals surface area contributed by atoms with E-state index in [1.165, 1.54) is 4.88 Å². The molecular formula is C15H24N2O2S. The summed E-state index contributed by atoms with van der Waals surface area (Å²) in [5.41, 5.74) is -0.367. The second-order valence-corrected chi connectivity index (χ2v) is 7.07. The normalized spacial score (nSPS) is 19.9. The van der Waals surface area contributed by atoms with Crippen molar-refractivity contribution in [1.29, 1.82) is 0 Å². The Morgan fingerprint density at radius 3 is 2.95 bits per heavy atom. The van der Waals surface area contributed by atoms with Crippen LogP contribution in [0.1, 0.15) is 37.6 Å². The topological polar surface area (TPSA) is 43.8 Å². The van der Waals surface area contributed by atoms with Crippen LogP contribution in [0, 0.1) is 0 Å². The minimum absolute atomic E-state index is 0.0468. The molecule has 1 fully saturated rings. The Balaban J connectivity index is 2.02. The first-order chi connectivity index (χ1) is 9.45. The molecule has 1 N–H and O–H groups in total. The lowest BCUT2D eigenvalue weighted by molar-refractivity contribution is -0.134. The van der Waals surface area contributed by atoms with Gasteiger partial charge in [-0.05, 0) is 45.2 Å². The van der Waals surface area contributed by atoms with Crippen LogP contribution < -0.4 is 0 Å². The summed E-state index contributed by atoms with van der Waals surface area (Å²) < 4.78 is 0. The summed E-state index contributed by atoms with van der Waals surface area (Å²) in [4.78, 5) is 17.7. The van der Waals surface area contributed by atoms with E-state index in [-0.39, 0.29) is 24.1 Å². The molecule has 1 aromatic rings. The quantitative estimate of drug-likeness (QED) is 0.905. The molecule has 0 saturated carbocycles. The number of hydrogen-bond acceptors (Lipinski definition) is 4. The van der Waals surface area contributed by atoms with Crippen molar-refractivity contribution in [3.63, 3.8) is 0 Å². The van der Waals surface area contributed by atoms with Crippen LogP contribution in [0.25, 0.3) is 0 Å². The average molecular weight is 296 g/mol. The molecule has 20 heavy (non-hydrogen) atoms. The maximum Gasteiger partial charge on any atom is 0.237 e. The van der Waals surface area contributed by atoms with E-state index in [0.717, 1.165) is 19.4 Å². The third-order valence-corrected chi connectivity index (χ3v) is 5.21. The van der Waals surface area contributed by atoms with E-state index < -0.39 is 0 Å². The van der Waals surface area contributed by atoms with E-state index in [1.54, 1.807) is 11.3 Å². The zero-order valence-electron chi connectivity index (χ0n) is 12.5. The zero-order chi connectivity index (χ0) is 14.8. The molecule has 2 rings (SSSR count). The van der Waals surface area contributed by atoms with Crippen molar-refractivity contribution in [2.24, 2.45) is 0 Å². The summed E-state index contributed by atoms with van der Waals surface area (Å²) in [6, 6.07) is 4.40. The number of aliphatic hydroxyl groups is 1. The molecule has 0 aliphatic carbocycles. The Morgan fingerprint density at radius 1 is 1.60 bits per heavy atom. The van der Waals surface area contributed by atoms with Crippen molar-refractivity contribution in [2.75, 3.05) is 26.7 Å². The molecule has 1 aromatic heterocycles. The van der Waals surface area contributed by atoms with E-state index >= 15 is 0 Å². The average Bonchev–Trinajstić information content (AvgIpc) is 3.08. The second kappa shape index (κ2) is 6.24. The van der Waals surface area contributed by atoms with Gasteiger partial charge >= 0.3 is 0 Å². The van der Waals surface area contributed by atoms with E-state index in [2.05, 4.69) is 11.4 Å². The molecule has 0 bridgehead atoms. The number of nitrogens with zero attached hydrogens (tertiary/aromatic N) is 2. The van der Waals surface area contributed by atoms with Crippen LogP contribution in [0.15, 0.2) is 17.5 Å². The lowest BCUT2D eigenvalue weighted by atomic mass is 10.1. The number of carbonyl (C=O) groups excluding carboxylic acids is 1. The minimum atomic E-state index is -0.367. The van der Waals surface area contributed by atoms with Gasteiger partial charge in [0.1, 0.15) is 0 Å². The van der Waals surface area contributed by atoms with Gasteiger partial charge in [0.05, 0.1) is 19.2 Å². The van der Waals surface area contributed by atoms with Crippen LogP contribution in [0.2, 0.25) is 0 Å². The smallest absolute Gasteiger partial charge is 0.237 e. The van der Waals surface area contributed by atoms with Crippen LogP contribution in [-0.4, -0.2) is 53.1 Å². The minimum Gasteiger partial charge on any atom is -0.394 e. The number of carbonyl (C=O) groups is 1. The first-order valence-corrected chi connectivity index (χ1v) is 7.98. The molecule has 1 aliphatic heterocycles. The lowest BCUT2D eigenvalue weighted by Crippen LogP contribution is -2.49. The number of aliphatic hydroxyl groups excluding tert-OH is 1. The third-order valence-electron chi connectivity index (χ3n) is 4.24. The highest BCUT2D eigenvalue weighted by Gasteiger charge is 2.33. The van der Waals surface area contributed by atoms with Crippen LogP contribution in [0.3, 0.4) is 0 Å². The highest BCUT2D eigenvalue weighted by Crippen LogP contribution is 2.34. The van der Waals surface area contributed by atoms with E-state index in [4.69, 9.17) is 0 Å².